The van der Waals surface area contributed by atoms with Crippen LogP contribution in [0.15, 0.2) is 11.4 Å². The maximum Gasteiger partial charge on any atom is 0.255 e. The molecule has 1 N–H and O–H groups in total. The molecule has 21 heavy (non-hydrogen) atoms. The van der Waals surface area contributed by atoms with Crippen molar-refractivity contribution in [1.29, 1.82) is 0 Å². The summed E-state index contributed by atoms with van der Waals surface area (Å²) in [6.45, 7) is 3.77. The number of fused-ring (bicyclic) bond motifs is 2. The third-order valence-electron chi connectivity index (χ3n) is 5.30. The molecule has 0 radical (unpaired) electrons. The van der Waals surface area contributed by atoms with E-state index in [9.17, 15) is 14.7 Å². The van der Waals surface area contributed by atoms with E-state index in [2.05, 4.69) is 6.92 Å². The van der Waals surface area contributed by atoms with Crippen LogP contribution >= 0.6 is 11.3 Å². The van der Waals surface area contributed by atoms with Gasteiger partial charge in [0.1, 0.15) is 0 Å². The van der Waals surface area contributed by atoms with Crippen LogP contribution in [0.25, 0.3) is 0 Å². The van der Waals surface area contributed by atoms with E-state index < -0.39 is 0 Å². The van der Waals surface area contributed by atoms with Gasteiger partial charge in [-0.15, -0.1) is 11.3 Å². The number of hydrogen-bond donors (Lipinski definition) is 1. The zero-order valence-corrected chi connectivity index (χ0v) is 13.3. The SMILES string of the molecule is CC[C@]1(CO)C[C@H]2CC[C@@H]1N2C(=O)c1csc(C(C)=O)c1. The highest BCUT2D eigenvalue weighted by Gasteiger charge is 2.56. The van der Waals surface area contributed by atoms with Crippen molar-refractivity contribution in [3.63, 3.8) is 0 Å². The summed E-state index contributed by atoms with van der Waals surface area (Å²) in [5.74, 6) is 0.0248. The summed E-state index contributed by atoms with van der Waals surface area (Å²) < 4.78 is 0. The Morgan fingerprint density at radius 3 is 2.76 bits per heavy atom. The Bertz CT molecular complexity index is 576. The van der Waals surface area contributed by atoms with Gasteiger partial charge < -0.3 is 10.0 Å². The van der Waals surface area contributed by atoms with Crippen LogP contribution in [-0.2, 0) is 0 Å². The second kappa shape index (κ2) is 5.21. The molecule has 2 aliphatic heterocycles. The van der Waals surface area contributed by atoms with Gasteiger partial charge in [-0.1, -0.05) is 6.92 Å². The summed E-state index contributed by atoms with van der Waals surface area (Å²) in [6.07, 6.45) is 3.81. The van der Waals surface area contributed by atoms with Crippen molar-refractivity contribution < 1.29 is 14.7 Å². The fourth-order valence-corrected chi connectivity index (χ4v) is 4.82. The predicted molar refractivity (Wildman–Crippen MR) is 81.7 cm³/mol. The lowest BCUT2D eigenvalue weighted by molar-refractivity contribution is 0.0557. The molecule has 1 amide bonds. The van der Waals surface area contributed by atoms with Gasteiger partial charge in [0.15, 0.2) is 5.78 Å². The smallest absolute Gasteiger partial charge is 0.255 e. The van der Waals surface area contributed by atoms with E-state index >= 15 is 0 Å². The zero-order chi connectivity index (χ0) is 15.2. The van der Waals surface area contributed by atoms with Gasteiger partial charge in [-0.2, -0.15) is 0 Å². The minimum Gasteiger partial charge on any atom is -0.396 e. The maximum absolute atomic E-state index is 12.8. The van der Waals surface area contributed by atoms with Crippen molar-refractivity contribution in [2.24, 2.45) is 5.41 Å². The van der Waals surface area contributed by atoms with Crippen LogP contribution in [-0.4, -0.2) is 40.4 Å². The van der Waals surface area contributed by atoms with Crippen molar-refractivity contribution in [3.8, 4) is 0 Å². The first-order valence-electron chi connectivity index (χ1n) is 7.55. The molecule has 3 heterocycles. The van der Waals surface area contributed by atoms with Gasteiger partial charge in [0.05, 0.1) is 17.0 Å². The third kappa shape index (κ3) is 2.14. The van der Waals surface area contributed by atoms with Gasteiger partial charge in [-0.3, -0.25) is 9.59 Å². The van der Waals surface area contributed by atoms with Crippen LogP contribution in [0.3, 0.4) is 0 Å². The van der Waals surface area contributed by atoms with Crippen molar-refractivity contribution in [1.82, 2.24) is 4.90 Å². The van der Waals surface area contributed by atoms with Crippen LogP contribution in [0.4, 0.5) is 0 Å². The van der Waals surface area contributed by atoms with Gasteiger partial charge in [0, 0.05) is 22.9 Å². The van der Waals surface area contributed by atoms with Gasteiger partial charge in [-0.05, 0) is 38.7 Å². The molecule has 1 aromatic heterocycles. The molecule has 1 aromatic rings. The standard InChI is InChI=1S/C16H21NO3S/c1-3-16(9-18)7-12-4-5-14(16)17(12)15(20)11-6-13(10(2)19)21-8-11/h6,8,12,14,18H,3-5,7,9H2,1-2H3/t12-,14+,16-/m1/s1. The summed E-state index contributed by atoms with van der Waals surface area (Å²) in [6, 6.07) is 2.10. The molecule has 2 aliphatic rings. The molecule has 0 aromatic carbocycles. The lowest BCUT2D eigenvalue weighted by Crippen LogP contribution is -2.42. The largest absolute Gasteiger partial charge is 0.396 e. The van der Waals surface area contributed by atoms with E-state index in [1.807, 2.05) is 4.90 Å². The number of carbonyl (C=O) groups is 2. The third-order valence-corrected chi connectivity index (χ3v) is 6.33. The molecule has 2 bridgehead atoms. The van der Waals surface area contributed by atoms with Crippen molar-refractivity contribution in [2.45, 2.75) is 51.6 Å². The molecule has 0 aliphatic carbocycles. The predicted octanol–water partition coefficient (Wildman–Crippen LogP) is 2.72. The Kier molecular flexibility index (Phi) is 3.66. The van der Waals surface area contributed by atoms with Crippen LogP contribution in [0.5, 0.6) is 0 Å². The lowest BCUT2D eigenvalue weighted by Gasteiger charge is -2.34. The van der Waals surface area contributed by atoms with E-state index in [1.54, 1.807) is 11.4 Å². The molecule has 3 atom stereocenters. The fraction of sp³-hybridized carbons (Fsp3) is 0.625. The number of amides is 1. The molecule has 0 spiro atoms. The van der Waals surface area contributed by atoms with Gasteiger partial charge in [-0.25, -0.2) is 0 Å². The number of Topliss-reactive ketones (excluding diaryl/α,β-unsaturated/α-hetero) is 1. The fourth-order valence-electron chi connectivity index (χ4n) is 4.04. The minimum absolute atomic E-state index is 0.00158. The lowest BCUT2D eigenvalue weighted by atomic mass is 9.72. The number of thiophene rings is 1. The topological polar surface area (TPSA) is 57.6 Å². The second-order valence-corrected chi connectivity index (χ2v) is 7.20. The monoisotopic (exact) mass is 307 g/mol. The van der Waals surface area contributed by atoms with Crippen LogP contribution in [0.1, 0.15) is 59.6 Å². The summed E-state index contributed by atoms with van der Waals surface area (Å²) in [5, 5.41) is 11.6. The first-order valence-corrected chi connectivity index (χ1v) is 8.43. The first kappa shape index (κ1) is 14.7. The average molecular weight is 307 g/mol. The van der Waals surface area contributed by atoms with E-state index in [0.29, 0.717) is 10.4 Å². The number of hydrogen-bond acceptors (Lipinski definition) is 4. The van der Waals surface area contributed by atoms with E-state index in [1.165, 1.54) is 18.3 Å². The van der Waals surface area contributed by atoms with Crippen molar-refractivity contribution in [3.05, 3.63) is 21.9 Å². The molecule has 0 unspecified atom stereocenters. The number of nitrogens with zero attached hydrogens (tertiary/aromatic N) is 1. The minimum atomic E-state index is -0.127. The highest BCUT2D eigenvalue weighted by molar-refractivity contribution is 7.12. The van der Waals surface area contributed by atoms with Crippen molar-refractivity contribution in [2.75, 3.05) is 6.61 Å². The van der Waals surface area contributed by atoms with E-state index in [4.69, 9.17) is 0 Å². The molecule has 0 saturated carbocycles. The zero-order valence-electron chi connectivity index (χ0n) is 12.5. The molecule has 2 fully saturated rings. The summed E-state index contributed by atoms with van der Waals surface area (Å²) >= 11 is 1.33. The van der Waals surface area contributed by atoms with E-state index in [-0.39, 0.29) is 35.8 Å². The molecule has 4 nitrogen and oxygen atoms in total. The Hall–Kier alpha value is -1.20. The summed E-state index contributed by atoms with van der Waals surface area (Å²) in [5.41, 5.74) is 0.491. The van der Waals surface area contributed by atoms with E-state index in [0.717, 1.165) is 25.7 Å². The normalized spacial score (nSPS) is 30.9. The molecule has 3 rings (SSSR count). The molecule has 5 heteroatoms. The highest BCUT2D eigenvalue weighted by Crippen LogP contribution is 2.51. The second-order valence-electron chi connectivity index (χ2n) is 6.29. The van der Waals surface area contributed by atoms with Gasteiger partial charge in [0.2, 0.25) is 0 Å². The summed E-state index contributed by atoms with van der Waals surface area (Å²) in [4.78, 5) is 26.8. The first-order chi connectivity index (χ1) is 10.0. The molecular weight excluding hydrogens is 286 g/mol. The molecule has 2 saturated heterocycles. The van der Waals surface area contributed by atoms with Crippen molar-refractivity contribution >= 4 is 23.0 Å². The number of aliphatic hydroxyl groups is 1. The number of aliphatic hydroxyl groups excluding tert-OH is 1. The molecular formula is C16H21NO3S. The maximum atomic E-state index is 12.8. The number of rotatable bonds is 4. The Morgan fingerprint density at radius 2 is 2.24 bits per heavy atom. The Labute approximate surface area is 128 Å². The highest BCUT2D eigenvalue weighted by atomic mass is 32.1. The van der Waals surface area contributed by atoms with Gasteiger partial charge in [0.25, 0.3) is 5.91 Å². The molecule has 114 valence electrons. The Balaban J connectivity index is 1.87. The summed E-state index contributed by atoms with van der Waals surface area (Å²) in [7, 11) is 0. The Morgan fingerprint density at radius 1 is 1.48 bits per heavy atom. The number of carbonyl (C=O) groups excluding carboxylic acids is 2. The van der Waals surface area contributed by atoms with Crippen LogP contribution in [0, 0.1) is 5.41 Å². The van der Waals surface area contributed by atoms with Crippen LogP contribution < -0.4 is 0 Å². The average Bonchev–Trinajstić information content (AvgIpc) is 3.19. The van der Waals surface area contributed by atoms with Crippen LogP contribution in [0.2, 0.25) is 0 Å². The van der Waals surface area contributed by atoms with Gasteiger partial charge >= 0.3 is 0 Å². The number of ketones is 1. The quantitative estimate of drug-likeness (QED) is 0.870.